The fourth-order valence-electron chi connectivity index (χ4n) is 3.08. The third-order valence-corrected chi connectivity index (χ3v) is 4.61. The van der Waals surface area contributed by atoms with Crippen molar-refractivity contribution in [2.24, 2.45) is 0 Å². The summed E-state index contributed by atoms with van der Waals surface area (Å²) in [6.45, 7) is 2.90. The van der Waals surface area contributed by atoms with Gasteiger partial charge in [0.15, 0.2) is 0 Å². The van der Waals surface area contributed by atoms with E-state index in [1.165, 1.54) is 18.2 Å². The van der Waals surface area contributed by atoms with E-state index in [0.717, 1.165) is 13.1 Å². The van der Waals surface area contributed by atoms with Gasteiger partial charge in [0.25, 0.3) is 5.69 Å². The van der Waals surface area contributed by atoms with Gasteiger partial charge in [0.1, 0.15) is 11.4 Å². The Morgan fingerprint density at radius 2 is 1.69 bits per heavy atom. The van der Waals surface area contributed by atoms with Crippen molar-refractivity contribution in [1.82, 2.24) is 14.9 Å². The molecule has 2 N–H and O–H groups in total. The molecule has 29 heavy (non-hydrogen) atoms. The zero-order valence-electron chi connectivity index (χ0n) is 15.5. The minimum absolute atomic E-state index is 0.0920. The van der Waals surface area contributed by atoms with Crippen LogP contribution in [0.25, 0.3) is 12.2 Å². The molecule has 1 fully saturated rings. The number of nitro benzene ring substituents is 1. The molecule has 1 aromatic carbocycles. The Morgan fingerprint density at radius 3 is 2.31 bits per heavy atom. The molecule has 3 rings (SSSR count). The molecule has 1 aliphatic rings. The molecule has 0 aliphatic carbocycles. The molecule has 0 atom stereocenters. The van der Waals surface area contributed by atoms with Crippen molar-refractivity contribution in [2.45, 2.75) is 0 Å². The van der Waals surface area contributed by atoms with Crippen molar-refractivity contribution in [2.75, 3.05) is 38.1 Å². The number of hydrogen-bond acceptors (Lipinski definition) is 8. The summed E-state index contributed by atoms with van der Waals surface area (Å²) in [4.78, 5) is 52.4. The summed E-state index contributed by atoms with van der Waals surface area (Å²) < 4.78 is 0. The van der Waals surface area contributed by atoms with Gasteiger partial charge in [0.05, 0.1) is 9.85 Å². The average molecular weight is 402 g/mol. The molecule has 0 spiro atoms. The third kappa shape index (κ3) is 4.38. The number of rotatable bonds is 5. The second-order valence-electron chi connectivity index (χ2n) is 6.56. The minimum Gasteiger partial charge on any atom is -0.363 e. The smallest absolute Gasteiger partial charge is 0.357 e. The van der Waals surface area contributed by atoms with Crippen LogP contribution in [0.5, 0.6) is 0 Å². The number of benzene rings is 1. The fourth-order valence-corrected chi connectivity index (χ4v) is 3.08. The van der Waals surface area contributed by atoms with Crippen molar-refractivity contribution in [1.29, 1.82) is 0 Å². The van der Waals surface area contributed by atoms with Crippen LogP contribution >= 0.6 is 0 Å². The van der Waals surface area contributed by atoms with Crippen molar-refractivity contribution >= 4 is 29.2 Å². The molecule has 0 saturated carbocycles. The molecule has 0 radical (unpaired) electrons. The van der Waals surface area contributed by atoms with Gasteiger partial charge in [-0.3, -0.25) is 30.0 Å². The van der Waals surface area contributed by atoms with Crippen molar-refractivity contribution in [3.8, 4) is 0 Å². The van der Waals surface area contributed by atoms with Gasteiger partial charge < -0.3 is 14.8 Å². The summed E-state index contributed by atoms with van der Waals surface area (Å²) in [5.41, 5.74) is -2.34. The molecule has 0 bridgehead atoms. The number of nitro groups is 2. The van der Waals surface area contributed by atoms with Crippen molar-refractivity contribution in [3.05, 3.63) is 70.5 Å². The van der Waals surface area contributed by atoms with E-state index in [2.05, 4.69) is 9.88 Å². The van der Waals surface area contributed by atoms with E-state index < -0.39 is 26.8 Å². The average Bonchev–Trinajstić information content (AvgIpc) is 2.66. The van der Waals surface area contributed by atoms with Crippen LogP contribution in [0.15, 0.2) is 27.8 Å². The molecule has 12 nitrogen and oxygen atoms in total. The first-order valence-electron chi connectivity index (χ1n) is 8.67. The number of nitrogens with zero attached hydrogens (tertiary/aromatic N) is 4. The lowest BCUT2D eigenvalue weighted by Crippen LogP contribution is -2.44. The van der Waals surface area contributed by atoms with Gasteiger partial charge in [-0.15, -0.1) is 0 Å². The summed E-state index contributed by atoms with van der Waals surface area (Å²) in [6.07, 6.45) is 2.53. The van der Waals surface area contributed by atoms with Gasteiger partial charge in [-0.1, -0.05) is 12.1 Å². The van der Waals surface area contributed by atoms with Crippen LogP contribution in [0.4, 0.5) is 17.1 Å². The number of hydrogen-bond donors (Lipinski definition) is 2. The summed E-state index contributed by atoms with van der Waals surface area (Å²) in [7, 11) is 1.98. The van der Waals surface area contributed by atoms with E-state index >= 15 is 0 Å². The highest BCUT2D eigenvalue weighted by Gasteiger charge is 2.23. The second kappa shape index (κ2) is 8.06. The molecule has 2 aromatic rings. The van der Waals surface area contributed by atoms with Gasteiger partial charge in [-0.25, -0.2) is 4.79 Å². The highest BCUT2D eigenvalue weighted by atomic mass is 16.6. The number of aromatic nitrogens is 2. The number of anilines is 1. The number of H-pyrrole nitrogens is 2. The van der Waals surface area contributed by atoms with Crippen molar-refractivity contribution in [3.63, 3.8) is 0 Å². The Kier molecular flexibility index (Phi) is 5.54. The van der Waals surface area contributed by atoms with Gasteiger partial charge in [-0.2, -0.15) is 0 Å². The number of nitrogens with one attached hydrogen (secondary N) is 2. The molecular weight excluding hydrogens is 384 g/mol. The van der Waals surface area contributed by atoms with E-state index in [1.54, 1.807) is 17.1 Å². The zero-order chi connectivity index (χ0) is 21.1. The fraction of sp³-hybridized carbons (Fsp3) is 0.294. The Labute approximate surface area is 163 Å². The standard InChI is InChI=1S/C17H18N6O6/c1-20-6-8-21(9-7-20)13-5-3-11(10-14(13)22(26)27)2-4-12-15(23(28)29)16(24)19-17(25)18-12/h2-5,10H,6-9H2,1H3,(H2,18,19,24,25). The highest BCUT2D eigenvalue weighted by molar-refractivity contribution is 5.75. The maximum Gasteiger partial charge on any atom is 0.357 e. The summed E-state index contributed by atoms with van der Waals surface area (Å²) in [5, 5.41) is 22.6. The minimum atomic E-state index is -1.13. The molecular formula is C17H18N6O6. The van der Waals surface area contributed by atoms with E-state index in [0.29, 0.717) is 24.3 Å². The molecule has 2 heterocycles. The quantitative estimate of drug-likeness (QED) is 0.549. The van der Waals surface area contributed by atoms with Crippen LogP contribution in [-0.2, 0) is 0 Å². The number of likely N-dealkylation sites (N-methyl/N-ethyl adjacent to an activating group) is 1. The second-order valence-corrected chi connectivity index (χ2v) is 6.56. The lowest BCUT2D eigenvalue weighted by Gasteiger charge is -2.33. The molecule has 1 aromatic heterocycles. The van der Waals surface area contributed by atoms with Crippen molar-refractivity contribution < 1.29 is 9.85 Å². The lowest BCUT2D eigenvalue weighted by atomic mass is 10.1. The van der Waals surface area contributed by atoms with Crippen LogP contribution in [0.3, 0.4) is 0 Å². The summed E-state index contributed by atoms with van der Waals surface area (Å²) in [5.74, 6) is 0. The lowest BCUT2D eigenvalue weighted by molar-refractivity contribution is -0.386. The molecule has 1 aliphatic heterocycles. The van der Waals surface area contributed by atoms with E-state index in [9.17, 15) is 29.8 Å². The highest BCUT2D eigenvalue weighted by Crippen LogP contribution is 2.30. The van der Waals surface area contributed by atoms with E-state index in [-0.39, 0.29) is 11.4 Å². The molecule has 152 valence electrons. The Balaban J connectivity index is 1.96. The van der Waals surface area contributed by atoms with Crippen LogP contribution in [0, 0.1) is 20.2 Å². The van der Waals surface area contributed by atoms with Crippen LogP contribution in [-0.4, -0.2) is 57.9 Å². The first-order chi connectivity index (χ1) is 13.8. The first kappa shape index (κ1) is 19.9. The van der Waals surface area contributed by atoms with E-state index in [4.69, 9.17) is 0 Å². The first-order valence-corrected chi connectivity index (χ1v) is 8.67. The Hall–Kier alpha value is -3.80. The monoisotopic (exact) mass is 402 g/mol. The van der Waals surface area contributed by atoms with E-state index in [1.807, 2.05) is 11.9 Å². The van der Waals surface area contributed by atoms with Crippen LogP contribution < -0.4 is 16.1 Å². The topological polar surface area (TPSA) is 158 Å². The van der Waals surface area contributed by atoms with Gasteiger partial charge in [-0.05, 0) is 24.8 Å². The largest absolute Gasteiger partial charge is 0.363 e. The van der Waals surface area contributed by atoms with Gasteiger partial charge in [0, 0.05) is 32.2 Å². The maximum absolute atomic E-state index is 11.7. The molecule has 0 unspecified atom stereocenters. The van der Waals surface area contributed by atoms with Crippen LogP contribution in [0.1, 0.15) is 11.3 Å². The maximum atomic E-state index is 11.7. The van der Waals surface area contributed by atoms with Gasteiger partial charge in [0.2, 0.25) is 0 Å². The predicted molar refractivity (Wildman–Crippen MR) is 106 cm³/mol. The number of aromatic amines is 2. The Morgan fingerprint density at radius 1 is 1.00 bits per heavy atom. The Bertz CT molecular complexity index is 1100. The summed E-state index contributed by atoms with van der Waals surface area (Å²) in [6, 6.07) is 4.60. The SMILES string of the molecule is CN1CCN(c2ccc(C=Cc3[nH]c(=O)[nH]c(=O)c3[N+](=O)[O-])cc2[N+](=O)[O-])CC1. The predicted octanol–water partition coefficient (Wildman–Crippen LogP) is 0.802. The molecule has 12 heteroatoms. The van der Waals surface area contributed by atoms with Gasteiger partial charge >= 0.3 is 16.9 Å². The summed E-state index contributed by atoms with van der Waals surface area (Å²) >= 11 is 0. The third-order valence-electron chi connectivity index (χ3n) is 4.61. The number of piperazine rings is 1. The molecule has 0 amide bonds. The zero-order valence-corrected chi connectivity index (χ0v) is 15.5. The molecule has 1 saturated heterocycles. The van der Waals surface area contributed by atoms with Crippen LogP contribution in [0.2, 0.25) is 0 Å². The normalized spacial score (nSPS) is 15.0.